The van der Waals surface area contributed by atoms with Crippen LogP contribution in [0.3, 0.4) is 0 Å². The summed E-state index contributed by atoms with van der Waals surface area (Å²) in [4.78, 5) is 22.8. The van der Waals surface area contributed by atoms with Gasteiger partial charge in [-0.15, -0.1) is 0 Å². The molecule has 6 nitrogen and oxygen atoms in total. The summed E-state index contributed by atoms with van der Waals surface area (Å²) in [7, 11) is 0. The zero-order valence-electron chi connectivity index (χ0n) is 14.7. The molecule has 0 aliphatic carbocycles. The SMILES string of the molecule is O=C(Cc1ccccn1)N1Cc2cccn2C[C@@H](Oc2ncccc2F)C1. The Hall–Kier alpha value is -3.22. The van der Waals surface area contributed by atoms with E-state index in [1.165, 1.54) is 18.3 Å². The Kier molecular flexibility index (Phi) is 4.82. The molecule has 1 amide bonds. The second-order valence-corrected chi connectivity index (χ2v) is 6.45. The molecule has 3 aromatic rings. The highest BCUT2D eigenvalue weighted by Crippen LogP contribution is 2.20. The van der Waals surface area contributed by atoms with E-state index >= 15 is 0 Å². The standard InChI is InChI=1S/C20H19FN4O2/c21-18-7-3-9-23-20(18)27-17-13-24-10-4-6-16(24)12-25(14-17)19(26)11-15-5-1-2-8-22-15/h1-10,17H,11-14H2/t17-/m1/s1. The highest BCUT2D eigenvalue weighted by Gasteiger charge is 2.27. The molecule has 4 rings (SSSR count). The molecule has 0 saturated carbocycles. The van der Waals surface area contributed by atoms with Gasteiger partial charge in [0.2, 0.25) is 5.91 Å². The molecule has 0 N–H and O–H groups in total. The smallest absolute Gasteiger partial charge is 0.250 e. The molecule has 27 heavy (non-hydrogen) atoms. The Balaban J connectivity index is 1.55. The van der Waals surface area contributed by atoms with Gasteiger partial charge in [-0.2, -0.15) is 0 Å². The Bertz CT molecular complexity index is 928. The van der Waals surface area contributed by atoms with Crippen LogP contribution in [0.15, 0.2) is 61.1 Å². The highest BCUT2D eigenvalue weighted by atomic mass is 19.1. The van der Waals surface area contributed by atoms with E-state index < -0.39 is 11.9 Å². The average Bonchev–Trinajstić information content (AvgIpc) is 3.03. The first kappa shape index (κ1) is 17.2. The fraction of sp³-hybridized carbons (Fsp3) is 0.250. The summed E-state index contributed by atoms with van der Waals surface area (Å²) >= 11 is 0. The third-order valence-corrected chi connectivity index (χ3v) is 4.51. The lowest BCUT2D eigenvalue weighted by Crippen LogP contribution is -2.39. The molecular weight excluding hydrogens is 347 g/mol. The maximum absolute atomic E-state index is 13.9. The first-order valence-electron chi connectivity index (χ1n) is 8.78. The van der Waals surface area contributed by atoms with Crippen molar-refractivity contribution in [2.75, 3.05) is 6.54 Å². The van der Waals surface area contributed by atoms with Crippen molar-refractivity contribution in [2.45, 2.75) is 25.6 Å². The molecule has 0 saturated heterocycles. The van der Waals surface area contributed by atoms with E-state index in [0.29, 0.717) is 19.6 Å². The minimum Gasteiger partial charge on any atom is -0.468 e. The summed E-state index contributed by atoms with van der Waals surface area (Å²) in [5.41, 5.74) is 1.73. The van der Waals surface area contributed by atoms with Gasteiger partial charge in [-0.05, 0) is 36.4 Å². The van der Waals surface area contributed by atoms with Crippen molar-refractivity contribution in [3.8, 4) is 5.88 Å². The van der Waals surface area contributed by atoms with Crippen molar-refractivity contribution < 1.29 is 13.9 Å². The van der Waals surface area contributed by atoms with Gasteiger partial charge in [0.15, 0.2) is 5.82 Å². The molecule has 0 radical (unpaired) electrons. The molecule has 0 aromatic carbocycles. The predicted molar refractivity (Wildman–Crippen MR) is 96.4 cm³/mol. The number of hydrogen-bond donors (Lipinski definition) is 0. The van der Waals surface area contributed by atoms with Gasteiger partial charge in [0.05, 0.1) is 26.1 Å². The Morgan fingerprint density at radius 2 is 2.00 bits per heavy atom. The summed E-state index contributed by atoms with van der Waals surface area (Å²) in [5.74, 6) is -0.602. The maximum atomic E-state index is 13.9. The van der Waals surface area contributed by atoms with E-state index in [9.17, 15) is 9.18 Å². The number of rotatable bonds is 4. The quantitative estimate of drug-likeness (QED) is 0.712. The summed E-state index contributed by atoms with van der Waals surface area (Å²) in [6.45, 7) is 1.35. The summed E-state index contributed by atoms with van der Waals surface area (Å²) in [5, 5.41) is 0. The Morgan fingerprint density at radius 1 is 1.11 bits per heavy atom. The zero-order valence-corrected chi connectivity index (χ0v) is 14.7. The number of pyridine rings is 2. The molecule has 4 heterocycles. The second-order valence-electron chi connectivity index (χ2n) is 6.45. The van der Waals surface area contributed by atoms with E-state index in [4.69, 9.17) is 4.74 Å². The van der Waals surface area contributed by atoms with Crippen LogP contribution in [-0.2, 0) is 24.3 Å². The van der Waals surface area contributed by atoms with Crippen LogP contribution in [0, 0.1) is 5.82 Å². The number of hydrogen-bond acceptors (Lipinski definition) is 4. The van der Waals surface area contributed by atoms with Gasteiger partial charge in [0.1, 0.15) is 6.10 Å². The van der Waals surface area contributed by atoms with E-state index in [-0.39, 0.29) is 18.2 Å². The Morgan fingerprint density at radius 3 is 2.81 bits per heavy atom. The number of halogens is 1. The van der Waals surface area contributed by atoms with Crippen LogP contribution in [0.1, 0.15) is 11.4 Å². The summed E-state index contributed by atoms with van der Waals surface area (Å²) in [6, 6.07) is 12.2. The largest absolute Gasteiger partial charge is 0.468 e. The number of carbonyl (C=O) groups excluding carboxylic acids is 1. The van der Waals surface area contributed by atoms with Crippen LogP contribution in [-0.4, -0.2) is 38.0 Å². The molecule has 1 atom stereocenters. The van der Waals surface area contributed by atoms with Gasteiger partial charge < -0.3 is 14.2 Å². The fourth-order valence-corrected chi connectivity index (χ4v) is 3.20. The van der Waals surface area contributed by atoms with Crippen LogP contribution in [0.25, 0.3) is 0 Å². The number of ether oxygens (including phenoxy) is 1. The van der Waals surface area contributed by atoms with E-state index in [1.807, 2.05) is 41.1 Å². The predicted octanol–water partition coefficient (Wildman–Crippen LogP) is 2.45. The van der Waals surface area contributed by atoms with Crippen LogP contribution in [0.5, 0.6) is 5.88 Å². The maximum Gasteiger partial charge on any atom is 0.250 e. The highest BCUT2D eigenvalue weighted by molar-refractivity contribution is 5.78. The lowest BCUT2D eigenvalue weighted by Gasteiger charge is -2.24. The Labute approximate surface area is 156 Å². The number of fused-ring (bicyclic) bond motifs is 1. The van der Waals surface area contributed by atoms with Gasteiger partial charge in [-0.3, -0.25) is 9.78 Å². The number of carbonyl (C=O) groups is 1. The van der Waals surface area contributed by atoms with Crippen LogP contribution >= 0.6 is 0 Å². The first-order chi connectivity index (χ1) is 13.2. The first-order valence-corrected chi connectivity index (χ1v) is 8.78. The molecule has 0 fully saturated rings. The van der Waals surface area contributed by atoms with Crippen molar-refractivity contribution in [3.05, 3.63) is 78.3 Å². The lowest BCUT2D eigenvalue weighted by molar-refractivity contribution is -0.132. The lowest BCUT2D eigenvalue weighted by atomic mass is 10.2. The van der Waals surface area contributed by atoms with Gasteiger partial charge in [-0.25, -0.2) is 9.37 Å². The molecule has 138 valence electrons. The monoisotopic (exact) mass is 366 g/mol. The molecule has 1 aliphatic heterocycles. The molecule has 3 aromatic heterocycles. The molecule has 0 spiro atoms. The van der Waals surface area contributed by atoms with Gasteiger partial charge in [0.25, 0.3) is 5.88 Å². The molecule has 7 heteroatoms. The third kappa shape index (κ3) is 3.97. The molecule has 0 unspecified atom stereocenters. The van der Waals surface area contributed by atoms with Crippen LogP contribution < -0.4 is 4.74 Å². The van der Waals surface area contributed by atoms with E-state index in [2.05, 4.69) is 9.97 Å². The summed E-state index contributed by atoms with van der Waals surface area (Å²) < 4.78 is 21.8. The normalized spacial score (nSPS) is 16.5. The van der Waals surface area contributed by atoms with Gasteiger partial charge in [-0.1, -0.05) is 6.07 Å². The van der Waals surface area contributed by atoms with Crippen LogP contribution in [0.2, 0.25) is 0 Å². The van der Waals surface area contributed by atoms with Gasteiger partial charge in [0, 0.05) is 30.0 Å². The molecule has 1 aliphatic rings. The minimum absolute atomic E-state index is 0.0431. The number of amides is 1. The number of aromatic nitrogens is 3. The topological polar surface area (TPSA) is 60.2 Å². The fourth-order valence-electron chi connectivity index (χ4n) is 3.20. The molecule has 0 bridgehead atoms. The van der Waals surface area contributed by atoms with Crippen molar-refractivity contribution in [2.24, 2.45) is 0 Å². The average molecular weight is 366 g/mol. The van der Waals surface area contributed by atoms with Crippen molar-refractivity contribution in [3.63, 3.8) is 0 Å². The molecular formula is C20H19FN4O2. The zero-order chi connectivity index (χ0) is 18.6. The van der Waals surface area contributed by atoms with E-state index in [0.717, 1.165) is 11.4 Å². The minimum atomic E-state index is -0.513. The van der Waals surface area contributed by atoms with Crippen molar-refractivity contribution in [1.29, 1.82) is 0 Å². The summed E-state index contributed by atoms with van der Waals surface area (Å²) in [6.07, 6.45) is 4.90. The van der Waals surface area contributed by atoms with Crippen LogP contribution in [0.4, 0.5) is 4.39 Å². The third-order valence-electron chi connectivity index (χ3n) is 4.51. The van der Waals surface area contributed by atoms with Gasteiger partial charge >= 0.3 is 0 Å². The number of nitrogens with zero attached hydrogens (tertiary/aromatic N) is 4. The van der Waals surface area contributed by atoms with Crippen molar-refractivity contribution in [1.82, 2.24) is 19.4 Å². The van der Waals surface area contributed by atoms with Crippen molar-refractivity contribution >= 4 is 5.91 Å². The van der Waals surface area contributed by atoms with E-state index in [1.54, 1.807) is 11.1 Å². The second kappa shape index (κ2) is 7.57.